The first-order valence-electron chi connectivity index (χ1n) is 6.74. The first-order chi connectivity index (χ1) is 9.97. The fourth-order valence-electron chi connectivity index (χ4n) is 2.08. The lowest BCUT2D eigenvalue weighted by Crippen LogP contribution is -2.03. The summed E-state index contributed by atoms with van der Waals surface area (Å²) >= 11 is 5.92. The molecule has 4 nitrogen and oxygen atoms in total. The molecule has 0 radical (unpaired) electrons. The normalized spacial score (nSPS) is 10.7. The van der Waals surface area contributed by atoms with E-state index in [-0.39, 0.29) is 5.69 Å². The van der Waals surface area contributed by atoms with Crippen LogP contribution in [0.3, 0.4) is 0 Å². The quantitative estimate of drug-likeness (QED) is 0.626. The van der Waals surface area contributed by atoms with Crippen molar-refractivity contribution in [3.63, 3.8) is 0 Å². The molecule has 0 aromatic heterocycles. The number of nitro groups is 1. The first kappa shape index (κ1) is 15.3. The maximum Gasteiger partial charge on any atom is 0.274 e. The third-order valence-electron chi connectivity index (χ3n) is 3.27. The van der Waals surface area contributed by atoms with Gasteiger partial charge in [0.15, 0.2) is 0 Å². The molecule has 0 amide bonds. The van der Waals surface area contributed by atoms with Gasteiger partial charge in [-0.25, -0.2) is 0 Å². The fraction of sp³-hybridized carbons (Fsp3) is 0.250. The van der Waals surface area contributed by atoms with Crippen LogP contribution >= 0.6 is 11.6 Å². The van der Waals surface area contributed by atoms with Gasteiger partial charge in [0.2, 0.25) is 0 Å². The van der Waals surface area contributed by atoms with E-state index in [1.165, 1.54) is 17.7 Å². The van der Waals surface area contributed by atoms with Crippen molar-refractivity contribution in [1.29, 1.82) is 0 Å². The van der Waals surface area contributed by atoms with Gasteiger partial charge in [0.1, 0.15) is 0 Å². The Morgan fingerprint density at radius 3 is 2.67 bits per heavy atom. The van der Waals surface area contributed by atoms with Crippen molar-refractivity contribution >= 4 is 23.0 Å². The van der Waals surface area contributed by atoms with E-state index < -0.39 is 4.92 Å². The molecule has 0 saturated carbocycles. The third kappa shape index (κ3) is 3.95. The molecule has 21 heavy (non-hydrogen) atoms. The molecule has 0 bridgehead atoms. The fourth-order valence-corrected chi connectivity index (χ4v) is 2.27. The highest BCUT2D eigenvalue weighted by molar-refractivity contribution is 6.30. The maximum absolute atomic E-state index is 11.0. The van der Waals surface area contributed by atoms with Gasteiger partial charge in [0.25, 0.3) is 5.69 Å². The van der Waals surface area contributed by atoms with Crippen LogP contribution in [0.25, 0.3) is 0 Å². The van der Waals surface area contributed by atoms with Crippen LogP contribution in [0, 0.1) is 10.1 Å². The third-order valence-corrected chi connectivity index (χ3v) is 3.51. The number of benzene rings is 2. The average molecular weight is 305 g/mol. The molecule has 0 aliphatic carbocycles. The van der Waals surface area contributed by atoms with Crippen LogP contribution < -0.4 is 5.32 Å². The van der Waals surface area contributed by atoms with Crippen LogP contribution in [0.5, 0.6) is 0 Å². The van der Waals surface area contributed by atoms with Crippen LogP contribution in [-0.4, -0.2) is 4.92 Å². The second-order valence-corrected chi connectivity index (χ2v) is 5.60. The summed E-state index contributed by atoms with van der Waals surface area (Å²) in [5.41, 5.74) is 2.81. The summed E-state index contributed by atoms with van der Waals surface area (Å²) in [4.78, 5) is 10.6. The summed E-state index contributed by atoms with van der Waals surface area (Å²) in [5, 5.41) is 14.7. The van der Waals surface area contributed by atoms with Gasteiger partial charge in [-0.3, -0.25) is 10.1 Å². The second kappa shape index (κ2) is 6.59. The number of halogens is 1. The minimum atomic E-state index is -0.391. The summed E-state index contributed by atoms with van der Waals surface area (Å²) in [7, 11) is 0. The molecule has 1 N–H and O–H groups in total. The molecule has 0 saturated heterocycles. The van der Waals surface area contributed by atoms with Crippen molar-refractivity contribution in [1.82, 2.24) is 0 Å². The highest BCUT2D eigenvalue weighted by Crippen LogP contribution is 2.24. The van der Waals surface area contributed by atoms with Crippen LogP contribution in [0.15, 0.2) is 42.5 Å². The zero-order valence-corrected chi connectivity index (χ0v) is 12.7. The number of nitrogens with zero attached hydrogens (tertiary/aromatic N) is 1. The van der Waals surface area contributed by atoms with Gasteiger partial charge in [-0.15, -0.1) is 0 Å². The SMILES string of the molecule is CC(C)c1cccc(NCc2cc(Cl)ccc2[N+](=O)[O-])c1. The molecule has 2 rings (SSSR count). The van der Waals surface area contributed by atoms with E-state index in [4.69, 9.17) is 11.6 Å². The molecule has 0 unspecified atom stereocenters. The summed E-state index contributed by atoms with van der Waals surface area (Å²) in [6, 6.07) is 12.6. The van der Waals surface area contributed by atoms with E-state index in [1.54, 1.807) is 6.07 Å². The van der Waals surface area contributed by atoms with Gasteiger partial charge >= 0.3 is 0 Å². The van der Waals surface area contributed by atoms with Crippen molar-refractivity contribution in [3.8, 4) is 0 Å². The number of nitrogens with one attached hydrogen (secondary N) is 1. The predicted octanol–water partition coefficient (Wildman–Crippen LogP) is 4.98. The van der Waals surface area contributed by atoms with Gasteiger partial charge in [-0.1, -0.05) is 37.6 Å². The van der Waals surface area contributed by atoms with E-state index in [9.17, 15) is 10.1 Å². The highest BCUT2D eigenvalue weighted by Gasteiger charge is 2.13. The molecule has 0 aliphatic rings. The Bertz CT molecular complexity index is 656. The molecule has 0 atom stereocenters. The zero-order chi connectivity index (χ0) is 15.4. The molecule has 0 heterocycles. The number of nitro benzene ring substituents is 1. The number of rotatable bonds is 5. The molecule has 0 fully saturated rings. The maximum atomic E-state index is 11.0. The molecular formula is C16H17ClN2O2. The van der Waals surface area contributed by atoms with Crippen LogP contribution in [0.1, 0.15) is 30.9 Å². The Hall–Kier alpha value is -2.07. The van der Waals surface area contributed by atoms with Gasteiger partial charge in [0.05, 0.1) is 10.5 Å². The minimum Gasteiger partial charge on any atom is -0.381 e. The van der Waals surface area contributed by atoms with E-state index in [1.807, 2.05) is 12.1 Å². The van der Waals surface area contributed by atoms with E-state index >= 15 is 0 Å². The Labute approximate surface area is 128 Å². The lowest BCUT2D eigenvalue weighted by Gasteiger charge is -2.11. The highest BCUT2D eigenvalue weighted by atomic mass is 35.5. The smallest absolute Gasteiger partial charge is 0.274 e. The zero-order valence-electron chi connectivity index (χ0n) is 12.0. The van der Waals surface area contributed by atoms with E-state index in [0.717, 1.165) is 5.69 Å². The van der Waals surface area contributed by atoms with E-state index in [2.05, 4.69) is 31.3 Å². The molecule has 2 aromatic carbocycles. The first-order valence-corrected chi connectivity index (χ1v) is 7.12. The minimum absolute atomic E-state index is 0.0758. The lowest BCUT2D eigenvalue weighted by molar-refractivity contribution is -0.385. The van der Waals surface area contributed by atoms with Gasteiger partial charge in [-0.05, 0) is 35.7 Å². The van der Waals surface area contributed by atoms with Crippen molar-refractivity contribution in [3.05, 3.63) is 68.7 Å². The Morgan fingerprint density at radius 1 is 1.24 bits per heavy atom. The molecule has 0 spiro atoms. The number of anilines is 1. The summed E-state index contributed by atoms with van der Waals surface area (Å²) in [6.07, 6.45) is 0. The van der Waals surface area contributed by atoms with Crippen molar-refractivity contribution < 1.29 is 4.92 Å². The van der Waals surface area contributed by atoms with Crippen molar-refractivity contribution in [2.75, 3.05) is 5.32 Å². The molecule has 5 heteroatoms. The molecule has 110 valence electrons. The topological polar surface area (TPSA) is 55.2 Å². The molecular weight excluding hydrogens is 288 g/mol. The second-order valence-electron chi connectivity index (χ2n) is 5.16. The largest absolute Gasteiger partial charge is 0.381 e. The Kier molecular flexibility index (Phi) is 4.81. The Balaban J connectivity index is 2.18. The van der Waals surface area contributed by atoms with Crippen molar-refractivity contribution in [2.24, 2.45) is 0 Å². The monoisotopic (exact) mass is 304 g/mol. The van der Waals surface area contributed by atoms with Gasteiger partial charge < -0.3 is 5.32 Å². The Morgan fingerprint density at radius 2 is 2.00 bits per heavy atom. The summed E-state index contributed by atoms with van der Waals surface area (Å²) in [6.45, 7) is 4.61. The average Bonchev–Trinajstić information content (AvgIpc) is 2.45. The lowest BCUT2D eigenvalue weighted by atomic mass is 10.0. The summed E-state index contributed by atoms with van der Waals surface area (Å²) in [5.74, 6) is 0.437. The standard InChI is InChI=1S/C16H17ClN2O2/c1-11(2)12-4-3-5-15(9-12)18-10-13-8-14(17)6-7-16(13)19(20)21/h3-9,11,18H,10H2,1-2H3. The van der Waals surface area contributed by atoms with Crippen LogP contribution in [-0.2, 0) is 6.54 Å². The summed E-state index contributed by atoms with van der Waals surface area (Å²) < 4.78 is 0. The van der Waals surface area contributed by atoms with Crippen molar-refractivity contribution in [2.45, 2.75) is 26.3 Å². The molecule has 0 aliphatic heterocycles. The van der Waals surface area contributed by atoms with Gasteiger partial charge in [0, 0.05) is 23.3 Å². The van der Waals surface area contributed by atoms with Crippen LogP contribution in [0.2, 0.25) is 5.02 Å². The molecule has 2 aromatic rings. The van der Waals surface area contributed by atoms with Gasteiger partial charge in [-0.2, -0.15) is 0 Å². The van der Waals surface area contributed by atoms with E-state index in [0.29, 0.717) is 23.0 Å². The predicted molar refractivity (Wildman–Crippen MR) is 86.0 cm³/mol. The number of hydrogen-bond acceptors (Lipinski definition) is 3. The number of hydrogen-bond donors (Lipinski definition) is 1. The van der Waals surface area contributed by atoms with Crippen LogP contribution in [0.4, 0.5) is 11.4 Å².